The SMILES string of the molecule is CC(=O)N[C@H](c1ccccn1)[C@@H]1CCCN(C(=O)[C@H]2C[C@H]2C)C1. The Kier molecular flexibility index (Phi) is 4.64. The Hall–Kier alpha value is -1.91. The fourth-order valence-corrected chi connectivity index (χ4v) is 3.60. The van der Waals surface area contributed by atoms with Gasteiger partial charge in [-0.25, -0.2) is 0 Å². The lowest BCUT2D eigenvalue weighted by Crippen LogP contribution is -2.45. The fourth-order valence-electron chi connectivity index (χ4n) is 3.60. The zero-order valence-electron chi connectivity index (χ0n) is 13.9. The van der Waals surface area contributed by atoms with Crippen LogP contribution >= 0.6 is 0 Å². The smallest absolute Gasteiger partial charge is 0.225 e. The third kappa shape index (κ3) is 3.71. The average Bonchev–Trinajstić information content (AvgIpc) is 3.29. The molecule has 5 nitrogen and oxygen atoms in total. The lowest BCUT2D eigenvalue weighted by atomic mass is 9.88. The van der Waals surface area contributed by atoms with E-state index in [1.807, 2.05) is 23.1 Å². The number of nitrogens with one attached hydrogen (secondary N) is 1. The van der Waals surface area contributed by atoms with Crippen LogP contribution in [0.3, 0.4) is 0 Å². The first kappa shape index (κ1) is 16.0. The van der Waals surface area contributed by atoms with Gasteiger partial charge in [-0.05, 0) is 37.3 Å². The zero-order chi connectivity index (χ0) is 16.4. The van der Waals surface area contributed by atoms with Gasteiger partial charge in [0.15, 0.2) is 0 Å². The number of hydrogen-bond acceptors (Lipinski definition) is 3. The molecule has 0 radical (unpaired) electrons. The molecule has 2 fully saturated rings. The molecule has 1 saturated carbocycles. The van der Waals surface area contributed by atoms with E-state index in [1.54, 1.807) is 6.20 Å². The molecule has 1 aliphatic heterocycles. The van der Waals surface area contributed by atoms with Gasteiger partial charge in [0.05, 0.1) is 11.7 Å². The Morgan fingerprint density at radius 3 is 2.78 bits per heavy atom. The predicted molar refractivity (Wildman–Crippen MR) is 87.4 cm³/mol. The number of nitrogens with zero attached hydrogens (tertiary/aromatic N) is 2. The van der Waals surface area contributed by atoms with Crippen molar-refractivity contribution in [2.24, 2.45) is 17.8 Å². The number of carbonyl (C=O) groups excluding carboxylic acids is 2. The fraction of sp³-hybridized carbons (Fsp3) is 0.611. The van der Waals surface area contributed by atoms with Crippen molar-refractivity contribution in [3.8, 4) is 0 Å². The summed E-state index contributed by atoms with van der Waals surface area (Å²) in [4.78, 5) is 30.6. The van der Waals surface area contributed by atoms with Gasteiger partial charge in [-0.2, -0.15) is 0 Å². The molecule has 0 unspecified atom stereocenters. The summed E-state index contributed by atoms with van der Waals surface area (Å²) >= 11 is 0. The van der Waals surface area contributed by atoms with Crippen LogP contribution in [0, 0.1) is 17.8 Å². The molecular formula is C18H25N3O2. The molecule has 3 rings (SSSR count). The lowest BCUT2D eigenvalue weighted by molar-refractivity contribution is -0.135. The molecule has 1 aliphatic carbocycles. The maximum atomic E-state index is 12.5. The average molecular weight is 315 g/mol. The third-order valence-corrected chi connectivity index (χ3v) is 5.03. The first-order valence-corrected chi connectivity index (χ1v) is 8.53. The second kappa shape index (κ2) is 6.69. The molecule has 124 valence electrons. The quantitative estimate of drug-likeness (QED) is 0.926. The molecule has 1 N–H and O–H groups in total. The number of rotatable bonds is 4. The van der Waals surface area contributed by atoms with Crippen molar-refractivity contribution >= 4 is 11.8 Å². The van der Waals surface area contributed by atoms with Crippen LogP contribution in [-0.4, -0.2) is 34.8 Å². The number of carbonyl (C=O) groups is 2. The van der Waals surface area contributed by atoms with E-state index in [-0.39, 0.29) is 23.8 Å². The molecule has 0 spiro atoms. The van der Waals surface area contributed by atoms with E-state index in [0.717, 1.165) is 31.5 Å². The van der Waals surface area contributed by atoms with E-state index in [4.69, 9.17) is 0 Å². The highest BCUT2D eigenvalue weighted by molar-refractivity contribution is 5.81. The maximum absolute atomic E-state index is 12.5. The summed E-state index contributed by atoms with van der Waals surface area (Å²) in [5.41, 5.74) is 0.877. The number of piperidine rings is 1. The van der Waals surface area contributed by atoms with Crippen molar-refractivity contribution in [3.63, 3.8) is 0 Å². The minimum atomic E-state index is -0.124. The summed E-state index contributed by atoms with van der Waals surface area (Å²) in [6.07, 6.45) is 4.77. The first-order chi connectivity index (χ1) is 11.1. The Labute approximate surface area is 137 Å². The Morgan fingerprint density at radius 1 is 1.39 bits per heavy atom. The normalized spacial score (nSPS) is 28.1. The van der Waals surface area contributed by atoms with Crippen LogP contribution in [0.5, 0.6) is 0 Å². The molecule has 0 aromatic carbocycles. The lowest BCUT2D eigenvalue weighted by Gasteiger charge is -2.37. The number of likely N-dealkylation sites (tertiary alicyclic amines) is 1. The molecule has 0 bridgehead atoms. The molecule has 2 aliphatic rings. The van der Waals surface area contributed by atoms with Crippen molar-refractivity contribution < 1.29 is 9.59 Å². The first-order valence-electron chi connectivity index (χ1n) is 8.53. The van der Waals surface area contributed by atoms with Gasteiger partial charge in [0.25, 0.3) is 0 Å². The van der Waals surface area contributed by atoms with Gasteiger partial charge < -0.3 is 10.2 Å². The highest BCUT2D eigenvalue weighted by Crippen LogP contribution is 2.40. The monoisotopic (exact) mass is 315 g/mol. The molecule has 1 aromatic heterocycles. The number of pyridine rings is 1. The molecular weight excluding hydrogens is 290 g/mol. The van der Waals surface area contributed by atoms with Crippen molar-refractivity contribution in [2.45, 2.75) is 39.2 Å². The molecule has 1 aromatic rings. The van der Waals surface area contributed by atoms with E-state index in [9.17, 15) is 9.59 Å². The van der Waals surface area contributed by atoms with Crippen molar-refractivity contribution in [3.05, 3.63) is 30.1 Å². The summed E-state index contributed by atoms with van der Waals surface area (Å²) in [6.45, 7) is 5.22. The maximum Gasteiger partial charge on any atom is 0.225 e. The molecule has 5 heteroatoms. The molecule has 4 atom stereocenters. The minimum Gasteiger partial charge on any atom is -0.348 e. The van der Waals surface area contributed by atoms with E-state index in [1.165, 1.54) is 6.92 Å². The van der Waals surface area contributed by atoms with E-state index < -0.39 is 0 Å². The van der Waals surface area contributed by atoms with Crippen LogP contribution < -0.4 is 5.32 Å². The molecule has 23 heavy (non-hydrogen) atoms. The molecule has 2 heterocycles. The summed E-state index contributed by atoms with van der Waals surface area (Å²) in [5.74, 6) is 1.22. The molecule has 1 saturated heterocycles. The zero-order valence-corrected chi connectivity index (χ0v) is 13.9. The number of amides is 2. The van der Waals surface area contributed by atoms with E-state index in [0.29, 0.717) is 18.4 Å². The van der Waals surface area contributed by atoms with Crippen molar-refractivity contribution in [2.75, 3.05) is 13.1 Å². The summed E-state index contributed by atoms with van der Waals surface area (Å²) in [6, 6.07) is 5.64. The highest BCUT2D eigenvalue weighted by Gasteiger charge is 2.43. The highest BCUT2D eigenvalue weighted by atomic mass is 16.2. The Balaban J connectivity index is 1.73. The Bertz CT molecular complexity index is 575. The number of hydrogen-bond donors (Lipinski definition) is 1. The number of aromatic nitrogens is 1. The summed E-state index contributed by atoms with van der Waals surface area (Å²) in [5, 5.41) is 3.04. The Morgan fingerprint density at radius 2 is 2.17 bits per heavy atom. The van der Waals surface area contributed by atoms with Gasteiger partial charge in [-0.15, -0.1) is 0 Å². The third-order valence-electron chi connectivity index (χ3n) is 5.03. The van der Waals surface area contributed by atoms with Crippen LogP contribution in [0.25, 0.3) is 0 Å². The second-order valence-corrected chi connectivity index (χ2v) is 6.94. The topological polar surface area (TPSA) is 62.3 Å². The van der Waals surface area contributed by atoms with Crippen LogP contribution in [0.2, 0.25) is 0 Å². The second-order valence-electron chi connectivity index (χ2n) is 6.94. The standard InChI is InChI=1S/C18H25N3O2/c1-12-10-15(12)18(23)21-9-5-6-14(11-21)17(20-13(2)22)16-7-3-4-8-19-16/h3-4,7-8,12,14-15,17H,5-6,9-11H2,1-2H3,(H,20,22)/t12-,14-,15+,17+/m1/s1. The van der Waals surface area contributed by atoms with Crippen LogP contribution in [0.1, 0.15) is 44.8 Å². The van der Waals surface area contributed by atoms with Gasteiger partial charge >= 0.3 is 0 Å². The van der Waals surface area contributed by atoms with Crippen LogP contribution in [-0.2, 0) is 9.59 Å². The van der Waals surface area contributed by atoms with Crippen LogP contribution in [0.15, 0.2) is 24.4 Å². The van der Waals surface area contributed by atoms with Crippen molar-refractivity contribution in [1.82, 2.24) is 15.2 Å². The van der Waals surface area contributed by atoms with E-state index >= 15 is 0 Å². The van der Waals surface area contributed by atoms with Crippen molar-refractivity contribution in [1.29, 1.82) is 0 Å². The van der Waals surface area contributed by atoms with Gasteiger partial charge in [0.1, 0.15) is 0 Å². The predicted octanol–water partition coefficient (Wildman–Crippen LogP) is 2.15. The minimum absolute atomic E-state index is 0.0556. The van der Waals surface area contributed by atoms with Gasteiger partial charge in [0, 0.05) is 38.0 Å². The van der Waals surface area contributed by atoms with Crippen LogP contribution in [0.4, 0.5) is 0 Å². The van der Waals surface area contributed by atoms with Gasteiger partial charge in [-0.1, -0.05) is 13.0 Å². The summed E-state index contributed by atoms with van der Waals surface area (Å²) < 4.78 is 0. The molecule has 2 amide bonds. The van der Waals surface area contributed by atoms with Gasteiger partial charge in [-0.3, -0.25) is 14.6 Å². The largest absolute Gasteiger partial charge is 0.348 e. The van der Waals surface area contributed by atoms with Gasteiger partial charge in [0.2, 0.25) is 11.8 Å². The summed E-state index contributed by atoms with van der Waals surface area (Å²) in [7, 11) is 0. The van der Waals surface area contributed by atoms with E-state index in [2.05, 4.69) is 17.2 Å².